The molecule has 6 N–H and O–H groups in total. The quantitative estimate of drug-likeness (QED) is 0.0820. The minimum absolute atomic E-state index is 0.423. The Balaban J connectivity index is 0.000000124. The van der Waals surface area contributed by atoms with Crippen molar-refractivity contribution < 1.29 is 0 Å². The number of rotatable bonds is 16. The van der Waals surface area contributed by atoms with Crippen LogP contribution in [-0.2, 0) is 0 Å². The van der Waals surface area contributed by atoms with Crippen LogP contribution in [0.25, 0.3) is 117 Å². The second kappa shape index (κ2) is 33.0. The predicted molar refractivity (Wildman–Crippen MR) is 466 cm³/mol. The van der Waals surface area contributed by atoms with Gasteiger partial charge in [-0.2, -0.15) is 0 Å². The van der Waals surface area contributed by atoms with E-state index in [9.17, 15) is 0 Å². The molecule has 15 aromatic rings. The molecule has 0 radical (unpaired) electrons. The summed E-state index contributed by atoms with van der Waals surface area (Å²) in [5, 5.41) is 3.46. The average Bonchev–Trinajstić information content (AvgIpc) is 1.62. The van der Waals surface area contributed by atoms with Crippen LogP contribution in [0.1, 0.15) is 149 Å². The molecule has 580 valence electrons. The first-order valence-corrected chi connectivity index (χ1v) is 41.5. The maximum absolute atomic E-state index is 6.49. The predicted octanol–water partition coefficient (Wildman–Crippen LogP) is 19.9. The molecule has 1 saturated heterocycles. The van der Waals surface area contributed by atoms with Crippen LogP contribution in [0.15, 0.2) is 201 Å². The summed E-state index contributed by atoms with van der Waals surface area (Å²) in [7, 11) is 6.55. The van der Waals surface area contributed by atoms with Gasteiger partial charge in [0.15, 0.2) is 0 Å². The number of hydrogen-bond acceptors (Lipinski definition) is 15. The fourth-order valence-corrected chi connectivity index (χ4v) is 18.9. The number of fused-ring (bicyclic) bond motifs is 6. The summed E-state index contributed by atoms with van der Waals surface area (Å²) in [6.07, 6.45) is 28.6. The number of benzene rings is 6. The van der Waals surface area contributed by atoms with Crippen LogP contribution >= 0.6 is 0 Å². The van der Waals surface area contributed by atoms with E-state index in [2.05, 4.69) is 237 Å². The smallest absolute Gasteiger partial charge is 0.150 e. The van der Waals surface area contributed by atoms with E-state index >= 15 is 0 Å². The van der Waals surface area contributed by atoms with Crippen molar-refractivity contribution in [3.05, 3.63) is 235 Å². The summed E-state index contributed by atoms with van der Waals surface area (Å²) < 4.78 is 6.56. The molecule has 0 bridgehead atoms. The first-order chi connectivity index (χ1) is 55.6. The Kier molecular flexibility index (Phi) is 21.8. The van der Waals surface area contributed by atoms with Gasteiger partial charge in [0.1, 0.15) is 68.6 Å². The van der Waals surface area contributed by atoms with Crippen molar-refractivity contribution in [2.24, 2.45) is 17.8 Å². The van der Waals surface area contributed by atoms with Crippen molar-refractivity contribution in [2.75, 3.05) is 77.6 Å². The molecular formula is C96H106N18. The average molecular weight is 1510 g/mol. The highest BCUT2D eigenvalue weighted by atomic mass is 15.1. The molecule has 3 aliphatic carbocycles. The highest BCUT2D eigenvalue weighted by Gasteiger charge is 2.33. The second-order valence-corrected chi connectivity index (χ2v) is 33.1. The summed E-state index contributed by atoms with van der Waals surface area (Å²) >= 11 is 0. The van der Waals surface area contributed by atoms with Crippen LogP contribution in [0.3, 0.4) is 0 Å². The van der Waals surface area contributed by atoms with Gasteiger partial charge in [0.05, 0.1) is 33.6 Å². The molecule has 18 nitrogen and oxygen atoms in total. The Morgan fingerprint density at radius 3 is 1.02 bits per heavy atom. The van der Waals surface area contributed by atoms with Gasteiger partial charge >= 0.3 is 0 Å². The molecule has 0 amide bonds. The molecule has 114 heavy (non-hydrogen) atoms. The fraction of sp³-hybridized carbons (Fsp3) is 0.344. The standard InChI is InChI=1S/C33H36N6.C32H36N6.C31H34N6/c1-22-19-28(24-7-3-2-4-8-24)36-29-20-26(13-14-27(22)29)30-31-32(34)35-15-18-39(31)33(37-30)25-11-9-23(10-12-25)21-38-16-5-6-17-38;1-4-37(3)20-22-10-12-24(13-11-22)32-36-29(30-31(33)34-16-17-38(30)32)25-14-15-26-21(2)18-27(35-28(26)19-25)23-8-6-5-7-9-23;1-20-17-26(22-7-5-4-6-8-22)34-27-18-24(13-14-25(20)27)28-29-30(32)33-15-16-37(29)31(35-28)23-11-9-21(10-12-23)19-36(2)3/h2-4,7-8,13-15,18-20,23,25H,5-6,9-12,16-17,21H2,1H3,(H2,34,35);5-9,14-19,22,24H,4,10-13,20H2,1-3H3,(H2,33,34);4-8,13-18,21,23H,9-12,19H2,1-3H3,(H2,32,33). The molecule has 19 rings (SSSR count). The molecule has 18 heteroatoms. The molecule has 4 fully saturated rings. The minimum atomic E-state index is 0.423. The zero-order valence-electron chi connectivity index (χ0n) is 67.1. The van der Waals surface area contributed by atoms with E-state index in [-0.39, 0.29) is 0 Å². The summed E-state index contributed by atoms with van der Waals surface area (Å²) in [6.45, 7) is 16.0. The van der Waals surface area contributed by atoms with Crippen molar-refractivity contribution in [3.63, 3.8) is 0 Å². The number of nitrogens with zero attached hydrogens (tertiary/aromatic N) is 15. The van der Waals surface area contributed by atoms with Crippen LogP contribution < -0.4 is 17.2 Å². The van der Waals surface area contributed by atoms with Gasteiger partial charge in [0, 0.05) is 124 Å². The van der Waals surface area contributed by atoms with Gasteiger partial charge in [-0.3, -0.25) is 13.2 Å². The number of imidazole rings is 3. The first-order valence-electron chi connectivity index (χ1n) is 41.5. The summed E-state index contributed by atoms with van der Waals surface area (Å²) in [5.74, 6) is 8.50. The lowest BCUT2D eigenvalue weighted by molar-refractivity contribution is 0.221. The molecule has 10 heterocycles. The first kappa shape index (κ1) is 75.4. The van der Waals surface area contributed by atoms with Crippen LogP contribution in [-0.4, -0.2) is 133 Å². The van der Waals surface area contributed by atoms with Gasteiger partial charge in [0.2, 0.25) is 0 Å². The highest BCUT2D eigenvalue weighted by Crippen LogP contribution is 2.44. The number of nitrogens with two attached hydrogens (primary N) is 3. The Morgan fingerprint density at radius 2 is 0.693 bits per heavy atom. The molecule has 3 saturated carbocycles. The van der Waals surface area contributed by atoms with Crippen LogP contribution in [0.4, 0.5) is 17.5 Å². The van der Waals surface area contributed by atoms with Crippen LogP contribution in [0, 0.1) is 38.5 Å². The summed E-state index contributed by atoms with van der Waals surface area (Å²) in [6, 6.07) is 57.0. The molecule has 4 aliphatic rings. The molecule has 1 aliphatic heterocycles. The Labute approximate surface area is 669 Å². The number of pyridine rings is 3. The molecule has 0 unspecified atom stereocenters. The van der Waals surface area contributed by atoms with Gasteiger partial charge in [-0.15, -0.1) is 0 Å². The number of anilines is 3. The van der Waals surface area contributed by atoms with Gasteiger partial charge in [0.25, 0.3) is 0 Å². The third-order valence-electron chi connectivity index (χ3n) is 25.0. The Hall–Kier alpha value is -11.3. The van der Waals surface area contributed by atoms with Gasteiger partial charge in [-0.1, -0.05) is 134 Å². The normalized spacial score (nSPS) is 18.8. The number of likely N-dealkylation sites (tertiary alicyclic amines) is 1. The molecular weight excluding hydrogens is 1410 g/mol. The lowest BCUT2D eigenvalue weighted by Crippen LogP contribution is -2.29. The van der Waals surface area contributed by atoms with Crippen LogP contribution in [0.2, 0.25) is 0 Å². The van der Waals surface area contributed by atoms with Crippen LogP contribution in [0.5, 0.6) is 0 Å². The number of aryl methyl sites for hydroxylation is 3. The molecule has 6 aromatic carbocycles. The number of aromatic nitrogens is 12. The number of nitrogen functional groups attached to an aromatic ring is 3. The monoisotopic (exact) mass is 1510 g/mol. The third-order valence-corrected chi connectivity index (χ3v) is 25.0. The van der Waals surface area contributed by atoms with E-state index in [1.807, 2.05) is 36.8 Å². The molecule has 0 spiro atoms. The van der Waals surface area contributed by atoms with Gasteiger partial charge < -0.3 is 31.9 Å². The third kappa shape index (κ3) is 15.7. The lowest BCUT2D eigenvalue weighted by Gasteiger charge is -2.30. The SMILES string of the molecule is CCN(C)CC1CCC(c2nc(-c3ccc4c(C)cc(-c5ccccc5)nc4c3)c3c(N)nccn23)CC1.Cc1cc(-c2ccccc2)nc2cc(-c3nc(C4CCC(CN(C)C)CC4)n4ccnc(N)c34)ccc12.Cc1cc(-c2ccccc2)nc2cc(-c3nc(C4CCC(CN5CCCC5)CC4)n4ccnc(N)c34)ccc12. The fourth-order valence-electron chi connectivity index (χ4n) is 18.9. The van der Waals surface area contributed by atoms with Gasteiger partial charge in [-0.05, 0) is 222 Å². The summed E-state index contributed by atoms with van der Waals surface area (Å²) in [5.41, 5.74) is 40.7. The maximum atomic E-state index is 6.49. The van der Waals surface area contributed by atoms with E-state index in [0.717, 1.165) is 191 Å². The van der Waals surface area contributed by atoms with Crippen molar-refractivity contribution >= 4 is 66.7 Å². The summed E-state index contributed by atoms with van der Waals surface area (Å²) in [4.78, 5) is 51.6. The second-order valence-electron chi connectivity index (χ2n) is 33.1. The van der Waals surface area contributed by atoms with Crippen molar-refractivity contribution in [3.8, 4) is 67.5 Å². The molecule has 0 atom stereocenters. The Bertz CT molecular complexity index is 5920. The zero-order chi connectivity index (χ0) is 78.1. The van der Waals surface area contributed by atoms with Crippen molar-refractivity contribution in [1.82, 2.24) is 72.8 Å². The minimum Gasteiger partial charge on any atom is -0.382 e. The highest BCUT2D eigenvalue weighted by molar-refractivity contribution is 5.96. The topological polar surface area (TPSA) is 217 Å². The lowest BCUT2D eigenvalue weighted by atomic mass is 9.81. The van der Waals surface area contributed by atoms with E-state index in [1.165, 1.54) is 107 Å². The van der Waals surface area contributed by atoms with E-state index in [1.54, 1.807) is 18.6 Å². The van der Waals surface area contributed by atoms with E-state index in [4.69, 9.17) is 47.1 Å². The molecule has 9 aromatic heterocycles. The zero-order valence-corrected chi connectivity index (χ0v) is 67.1. The van der Waals surface area contributed by atoms with E-state index < -0.39 is 0 Å². The largest absolute Gasteiger partial charge is 0.382 e. The maximum Gasteiger partial charge on any atom is 0.150 e. The van der Waals surface area contributed by atoms with Crippen molar-refractivity contribution in [2.45, 2.75) is 135 Å². The van der Waals surface area contributed by atoms with Gasteiger partial charge in [-0.25, -0.2) is 44.9 Å². The Morgan fingerprint density at radius 1 is 0.368 bits per heavy atom. The van der Waals surface area contributed by atoms with Crippen molar-refractivity contribution in [1.29, 1.82) is 0 Å². The van der Waals surface area contributed by atoms with E-state index in [0.29, 0.717) is 35.2 Å². The number of hydrogen-bond donors (Lipinski definition) is 3.